The number of fused-ring (bicyclic) bond motifs is 1. The van der Waals surface area contributed by atoms with Gasteiger partial charge < -0.3 is 15.8 Å². The standard InChI is InChI=1S/C16H28N2O2S/c1-15(2)13-12(7-5-8-20-13)16(15,17)14(19)18-10-11-6-3-4-9-21-11/h11-13H,3-10,17H2,1-2H3,(H,18,19). The lowest BCUT2D eigenvalue weighted by atomic mass is 9.46. The molecular weight excluding hydrogens is 284 g/mol. The molecule has 21 heavy (non-hydrogen) atoms. The quantitative estimate of drug-likeness (QED) is 0.836. The molecule has 1 saturated carbocycles. The minimum Gasteiger partial charge on any atom is -0.377 e. The Kier molecular flexibility index (Phi) is 4.27. The van der Waals surface area contributed by atoms with Crippen LogP contribution in [0, 0.1) is 11.3 Å². The summed E-state index contributed by atoms with van der Waals surface area (Å²) in [5, 5.41) is 3.71. The van der Waals surface area contributed by atoms with E-state index in [2.05, 4.69) is 19.2 Å². The van der Waals surface area contributed by atoms with Crippen molar-refractivity contribution in [2.24, 2.45) is 17.1 Å². The first kappa shape index (κ1) is 15.6. The summed E-state index contributed by atoms with van der Waals surface area (Å²) in [6, 6.07) is 0. The number of hydrogen-bond donors (Lipinski definition) is 2. The Morgan fingerprint density at radius 2 is 2.14 bits per heavy atom. The molecule has 4 atom stereocenters. The van der Waals surface area contributed by atoms with Gasteiger partial charge in [0.25, 0.3) is 0 Å². The van der Waals surface area contributed by atoms with E-state index >= 15 is 0 Å². The van der Waals surface area contributed by atoms with E-state index in [9.17, 15) is 4.79 Å². The van der Waals surface area contributed by atoms with Crippen LogP contribution in [0.4, 0.5) is 0 Å². The highest BCUT2D eigenvalue weighted by Crippen LogP contribution is 2.57. The molecule has 1 amide bonds. The third-order valence-electron chi connectivity index (χ3n) is 5.82. The number of carbonyl (C=O) groups excluding carboxylic acids is 1. The van der Waals surface area contributed by atoms with Crippen molar-refractivity contribution < 1.29 is 9.53 Å². The van der Waals surface area contributed by atoms with Crippen molar-refractivity contribution in [2.75, 3.05) is 18.9 Å². The predicted octanol–water partition coefficient (Wildman–Crippen LogP) is 1.92. The first-order valence-corrected chi connectivity index (χ1v) is 9.33. The Morgan fingerprint density at radius 3 is 2.86 bits per heavy atom. The minimum absolute atomic E-state index is 0.0328. The average molecular weight is 312 g/mol. The predicted molar refractivity (Wildman–Crippen MR) is 86.3 cm³/mol. The maximum absolute atomic E-state index is 12.8. The van der Waals surface area contributed by atoms with Gasteiger partial charge in [0.15, 0.2) is 0 Å². The topological polar surface area (TPSA) is 64.3 Å². The molecule has 2 heterocycles. The number of nitrogens with one attached hydrogen (secondary N) is 1. The van der Waals surface area contributed by atoms with E-state index in [1.807, 2.05) is 11.8 Å². The van der Waals surface area contributed by atoms with Crippen molar-refractivity contribution in [3.63, 3.8) is 0 Å². The molecule has 3 N–H and O–H groups in total. The van der Waals surface area contributed by atoms with Crippen molar-refractivity contribution in [2.45, 2.75) is 62.8 Å². The third kappa shape index (κ3) is 2.41. The monoisotopic (exact) mass is 312 g/mol. The highest BCUT2D eigenvalue weighted by molar-refractivity contribution is 7.99. The fourth-order valence-electron chi connectivity index (χ4n) is 4.36. The van der Waals surface area contributed by atoms with E-state index in [-0.39, 0.29) is 23.3 Å². The van der Waals surface area contributed by atoms with Gasteiger partial charge in [-0.2, -0.15) is 11.8 Å². The van der Waals surface area contributed by atoms with Gasteiger partial charge in [0.05, 0.1) is 6.10 Å². The van der Waals surface area contributed by atoms with E-state index in [4.69, 9.17) is 10.5 Å². The molecule has 0 aromatic rings. The number of amides is 1. The summed E-state index contributed by atoms with van der Waals surface area (Å²) < 4.78 is 5.87. The number of carbonyl (C=O) groups is 1. The molecule has 3 fully saturated rings. The summed E-state index contributed by atoms with van der Waals surface area (Å²) in [4.78, 5) is 12.8. The van der Waals surface area contributed by atoms with E-state index in [0.717, 1.165) is 26.0 Å². The largest absolute Gasteiger partial charge is 0.377 e. The van der Waals surface area contributed by atoms with Crippen LogP contribution in [0.2, 0.25) is 0 Å². The van der Waals surface area contributed by atoms with Crippen LogP contribution in [-0.4, -0.2) is 41.7 Å². The van der Waals surface area contributed by atoms with Crippen molar-refractivity contribution in [3.8, 4) is 0 Å². The zero-order chi connectivity index (χ0) is 15.1. The molecule has 5 heteroatoms. The zero-order valence-corrected chi connectivity index (χ0v) is 14.0. The normalized spacial score (nSPS) is 41.8. The Morgan fingerprint density at radius 1 is 1.33 bits per heavy atom. The Bertz CT molecular complexity index is 409. The third-order valence-corrected chi connectivity index (χ3v) is 7.22. The summed E-state index contributed by atoms with van der Waals surface area (Å²) >= 11 is 1.98. The smallest absolute Gasteiger partial charge is 0.241 e. The lowest BCUT2D eigenvalue weighted by Gasteiger charge is -2.65. The molecule has 4 unspecified atom stereocenters. The Hall–Kier alpha value is -0.260. The van der Waals surface area contributed by atoms with Crippen LogP contribution in [0.3, 0.4) is 0 Å². The van der Waals surface area contributed by atoms with Crippen molar-refractivity contribution in [1.29, 1.82) is 0 Å². The van der Waals surface area contributed by atoms with Gasteiger partial charge in [-0.3, -0.25) is 4.79 Å². The van der Waals surface area contributed by atoms with E-state index in [0.29, 0.717) is 5.25 Å². The lowest BCUT2D eigenvalue weighted by Crippen LogP contribution is -2.82. The zero-order valence-electron chi connectivity index (χ0n) is 13.2. The summed E-state index contributed by atoms with van der Waals surface area (Å²) in [5.41, 5.74) is 5.55. The van der Waals surface area contributed by atoms with Gasteiger partial charge in [-0.1, -0.05) is 20.3 Å². The molecule has 120 valence electrons. The van der Waals surface area contributed by atoms with Crippen LogP contribution >= 0.6 is 11.8 Å². The maximum Gasteiger partial charge on any atom is 0.241 e. The Balaban J connectivity index is 1.62. The molecular formula is C16H28N2O2S. The molecule has 0 bridgehead atoms. The number of ether oxygens (including phenoxy) is 1. The summed E-state index contributed by atoms with van der Waals surface area (Å²) in [7, 11) is 0. The fraction of sp³-hybridized carbons (Fsp3) is 0.938. The SMILES string of the molecule is CC1(C)C2OCCCC2C1(N)C(=O)NCC1CCCCS1. The molecule has 0 aromatic heterocycles. The van der Waals surface area contributed by atoms with E-state index in [1.54, 1.807) is 0 Å². The summed E-state index contributed by atoms with van der Waals surface area (Å²) in [6.45, 7) is 5.72. The number of hydrogen-bond acceptors (Lipinski definition) is 4. The number of thioether (sulfide) groups is 1. The van der Waals surface area contributed by atoms with Crippen molar-refractivity contribution in [1.82, 2.24) is 5.32 Å². The van der Waals surface area contributed by atoms with E-state index in [1.165, 1.54) is 25.0 Å². The van der Waals surface area contributed by atoms with Gasteiger partial charge in [-0.15, -0.1) is 0 Å². The first-order chi connectivity index (χ1) is 9.98. The van der Waals surface area contributed by atoms with Crippen LogP contribution in [0.25, 0.3) is 0 Å². The molecule has 0 radical (unpaired) electrons. The highest BCUT2D eigenvalue weighted by Gasteiger charge is 2.70. The van der Waals surface area contributed by atoms with Gasteiger partial charge in [0.1, 0.15) is 5.54 Å². The van der Waals surface area contributed by atoms with Crippen LogP contribution < -0.4 is 11.1 Å². The second kappa shape index (κ2) is 5.74. The van der Waals surface area contributed by atoms with Gasteiger partial charge in [0.2, 0.25) is 5.91 Å². The van der Waals surface area contributed by atoms with Crippen molar-refractivity contribution in [3.05, 3.63) is 0 Å². The molecule has 3 rings (SSSR count). The van der Waals surface area contributed by atoms with Crippen molar-refractivity contribution >= 4 is 17.7 Å². The van der Waals surface area contributed by atoms with Gasteiger partial charge in [-0.05, 0) is 31.4 Å². The lowest BCUT2D eigenvalue weighted by molar-refractivity contribution is -0.225. The molecule has 3 aliphatic rings. The van der Waals surface area contributed by atoms with E-state index < -0.39 is 5.54 Å². The second-order valence-electron chi connectivity index (χ2n) is 7.33. The maximum atomic E-state index is 12.8. The number of rotatable bonds is 3. The van der Waals surface area contributed by atoms with Gasteiger partial charge in [-0.25, -0.2) is 0 Å². The summed E-state index contributed by atoms with van der Waals surface area (Å²) in [6.07, 6.45) is 5.97. The molecule has 2 saturated heterocycles. The fourth-order valence-corrected chi connectivity index (χ4v) is 5.60. The average Bonchev–Trinajstić information content (AvgIpc) is 2.52. The Labute approximate surface area is 131 Å². The molecule has 1 aliphatic carbocycles. The minimum atomic E-state index is -0.766. The number of nitrogens with two attached hydrogens (primary N) is 1. The van der Waals surface area contributed by atoms with Gasteiger partial charge in [0, 0.05) is 29.7 Å². The molecule has 2 aliphatic heterocycles. The van der Waals surface area contributed by atoms with Crippen LogP contribution in [0.15, 0.2) is 0 Å². The van der Waals surface area contributed by atoms with Crippen LogP contribution in [0.5, 0.6) is 0 Å². The summed E-state index contributed by atoms with van der Waals surface area (Å²) in [5.74, 6) is 1.43. The van der Waals surface area contributed by atoms with Gasteiger partial charge >= 0.3 is 0 Å². The molecule has 4 nitrogen and oxygen atoms in total. The first-order valence-electron chi connectivity index (χ1n) is 8.28. The molecule has 0 aromatic carbocycles. The van der Waals surface area contributed by atoms with Crippen LogP contribution in [0.1, 0.15) is 46.0 Å². The highest BCUT2D eigenvalue weighted by atomic mass is 32.2. The second-order valence-corrected chi connectivity index (χ2v) is 8.74. The molecule has 0 spiro atoms. The van der Waals surface area contributed by atoms with Crippen LogP contribution in [-0.2, 0) is 9.53 Å².